The van der Waals surface area contributed by atoms with Gasteiger partial charge in [0.25, 0.3) is 5.91 Å². The SMILES string of the molecule is COc1ccc([C@H](NC(=O)c2cn3ccc(C)cc3n2)C2CC(O)C2)cn1. The molecule has 1 amide bonds. The summed E-state index contributed by atoms with van der Waals surface area (Å²) < 4.78 is 6.94. The first-order valence-corrected chi connectivity index (χ1v) is 8.97. The van der Waals surface area contributed by atoms with E-state index in [4.69, 9.17) is 4.74 Å². The molecule has 0 aromatic carbocycles. The van der Waals surface area contributed by atoms with E-state index in [2.05, 4.69) is 15.3 Å². The van der Waals surface area contributed by atoms with E-state index in [-0.39, 0.29) is 24.0 Å². The molecule has 3 aromatic rings. The number of rotatable bonds is 5. The molecule has 140 valence electrons. The van der Waals surface area contributed by atoms with Gasteiger partial charge in [-0.05, 0) is 48.9 Å². The number of amides is 1. The minimum absolute atomic E-state index is 0.165. The van der Waals surface area contributed by atoms with Gasteiger partial charge in [-0.15, -0.1) is 0 Å². The van der Waals surface area contributed by atoms with Gasteiger partial charge in [0, 0.05) is 24.7 Å². The Labute approximate surface area is 157 Å². The summed E-state index contributed by atoms with van der Waals surface area (Å²) in [6.45, 7) is 1.99. The second kappa shape index (κ2) is 7.00. The van der Waals surface area contributed by atoms with Crippen LogP contribution < -0.4 is 10.1 Å². The topological polar surface area (TPSA) is 88.8 Å². The van der Waals surface area contributed by atoms with Crippen LogP contribution in [0.4, 0.5) is 0 Å². The smallest absolute Gasteiger partial charge is 0.272 e. The highest BCUT2D eigenvalue weighted by Crippen LogP contribution is 2.38. The molecule has 7 nitrogen and oxygen atoms in total. The molecule has 7 heteroatoms. The number of methoxy groups -OCH3 is 1. The second-order valence-corrected chi connectivity index (χ2v) is 7.07. The van der Waals surface area contributed by atoms with Crippen molar-refractivity contribution >= 4 is 11.6 Å². The third-order valence-electron chi connectivity index (χ3n) is 5.08. The summed E-state index contributed by atoms with van der Waals surface area (Å²) in [6.07, 6.45) is 6.33. The lowest BCUT2D eigenvalue weighted by Gasteiger charge is -2.38. The van der Waals surface area contributed by atoms with E-state index in [1.165, 1.54) is 0 Å². The standard InChI is InChI=1S/C20H22N4O3/c1-12-5-6-24-11-16(22-17(24)7-12)20(26)23-19(14-8-15(25)9-14)13-3-4-18(27-2)21-10-13/h3-7,10-11,14-15,19,25H,8-9H2,1-2H3,(H,23,26)/t14?,15?,19-/m0/s1. The first-order valence-electron chi connectivity index (χ1n) is 8.97. The predicted octanol–water partition coefficient (Wildman–Crippen LogP) is 2.29. The zero-order chi connectivity index (χ0) is 19.0. The van der Waals surface area contributed by atoms with Gasteiger partial charge in [-0.1, -0.05) is 6.07 Å². The highest BCUT2D eigenvalue weighted by atomic mass is 16.5. The fourth-order valence-corrected chi connectivity index (χ4v) is 3.48. The minimum Gasteiger partial charge on any atom is -0.481 e. The van der Waals surface area contributed by atoms with Crippen LogP contribution in [0.25, 0.3) is 5.65 Å². The van der Waals surface area contributed by atoms with Crippen LogP contribution in [0.3, 0.4) is 0 Å². The van der Waals surface area contributed by atoms with Crippen LogP contribution in [0.15, 0.2) is 42.9 Å². The molecule has 0 aliphatic heterocycles. The summed E-state index contributed by atoms with van der Waals surface area (Å²) in [5.74, 6) is 0.449. The van der Waals surface area contributed by atoms with Crippen LogP contribution in [0.5, 0.6) is 5.88 Å². The summed E-state index contributed by atoms with van der Waals surface area (Å²) >= 11 is 0. The van der Waals surface area contributed by atoms with Gasteiger partial charge in [-0.25, -0.2) is 9.97 Å². The van der Waals surface area contributed by atoms with Crippen molar-refractivity contribution in [3.63, 3.8) is 0 Å². The van der Waals surface area contributed by atoms with E-state index in [0.29, 0.717) is 24.4 Å². The highest BCUT2D eigenvalue weighted by molar-refractivity contribution is 5.93. The molecular formula is C20H22N4O3. The number of aryl methyl sites for hydroxylation is 1. The van der Waals surface area contributed by atoms with Gasteiger partial charge in [0.15, 0.2) is 0 Å². The van der Waals surface area contributed by atoms with Crippen molar-refractivity contribution in [1.82, 2.24) is 19.7 Å². The van der Waals surface area contributed by atoms with E-state index in [9.17, 15) is 9.90 Å². The van der Waals surface area contributed by atoms with Gasteiger partial charge in [0.1, 0.15) is 11.3 Å². The maximum atomic E-state index is 12.8. The fraction of sp³-hybridized carbons (Fsp3) is 0.350. The van der Waals surface area contributed by atoms with Gasteiger partial charge in [-0.3, -0.25) is 4.79 Å². The van der Waals surface area contributed by atoms with Gasteiger partial charge in [0.05, 0.1) is 19.3 Å². The molecule has 3 heterocycles. The van der Waals surface area contributed by atoms with Crippen LogP contribution in [-0.4, -0.2) is 38.6 Å². The lowest BCUT2D eigenvalue weighted by Crippen LogP contribution is -2.41. The van der Waals surface area contributed by atoms with Gasteiger partial charge >= 0.3 is 0 Å². The van der Waals surface area contributed by atoms with E-state index in [1.54, 1.807) is 25.6 Å². The van der Waals surface area contributed by atoms with Crippen molar-refractivity contribution in [2.75, 3.05) is 7.11 Å². The largest absolute Gasteiger partial charge is 0.481 e. The Balaban J connectivity index is 1.58. The molecule has 0 saturated heterocycles. The van der Waals surface area contributed by atoms with Crippen molar-refractivity contribution < 1.29 is 14.6 Å². The lowest BCUT2D eigenvalue weighted by atomic mass is 9.75. The quantitative estimate of drug-likeness (QED) is 0.723. The fourth-order valence-electron chi connectivity index (χ4n) is 3.48. The monoisotopic (exact) mass is 366 g/mol. The maximum absolute atomic E-state index is 12.8. The summed E-state index contributed by atoms with van der Waals surface area (Å²) in [5, 5.41) is 12.8. The lowest BCUT2D eigenvalue weighted by molar-refractivity contribution is 0.0234. The Kier molecular flexibility index (Phi) is 4.53. The Bertz CT molecular complexity index is 961. The molecule has 1 aliphatic carbocycles. The van der Waals surface area contributed by atoms with E-state index < -0.39 is 0 Å². The number of carbonyl (C=O) groups is 1. The number of fused-ring (bicyclic) bond motifs is 1. The molecule has 2 N–H and O–H groups in total. The van der Waals surface area contributed by atoms with Crippen molar-refractivity contribution in [2.24, 2.45) is 5.92 Å². The molecule has 1 atom stereocenters. The number of hydrogen-bond acceptors (Lipinski definition) is 5. The normalized spacial score (nSPS) is 20.1. The summed E-state index contributed by atoms with van der Waals surface area (Å²) in [5.41, 5.74) is 3.08. The van der Waals surface area contributed by atoms with Crippen LogP contribution in [0.1, 0.15) is 40.5 Å². The Hall–Kier alpha value is -2.93. The predicted molar refractivity (Wildman–Crippen MR) is 99.7 cm³/mol. The number of ether oxygens (including phenoxy) is 1. The molecule has 1 fully saturated rings. The average Bonchev–Trinajstić information content (AvgIpc) is 3.07. The Morgan fingerprint density at radius 2 is 2.19 bits per heavy atom. The molecule has 4 rings (SSSR count). The molecule has 0 radical (unpaired) electrons. The van der Waals surface area contributed by atoms with Crippen LogP contribution in [0.2, 0.25) is 0 Å². The third kappa shape index (κ3) is 3.50. The number of hydrogen-bond donors (Lipinski definition) is 2. The average molecular weight is 366 g/mol. The van der Waals surface area contributed by atoms with Gasteiger partial charge in [-0.2, -0.15) is 0 Å². The second-order valence-electron chi connectivity index (χ2n) is 7.07. The Morgan fingerprint density at radius 3 is 2.85 bits per heavy atom. The first-order chi connectivity index (χ1) is 13.0. The molecule has 0 unspecified atom stereocenters. The molecular weight excluding hydrogens is 344 g/mol. The Morgan fingerprint density at radius 1 is 1.37 bits per heavy atom. The van der Waals surface area contributed by atoms with E-state index in [0.717, 1.165) is 16.8 Å². The van der Waals surface area contributed by atoms with Gasteiger partial charge in [0.2, 0.25) is 5.88 Å². The maximum Gasteiger partial charge on any atom is 0.272 e. The van der Waals surface area contributed by atoms with Crippen molar-refractivity contribution in [3.05, 3.63) is 59.7 Å². The van der Waals surface area contributed by atoms with E-state index in [1.807, 2.05) is 35.7 Å². The summed E-state index contributed by atoms with van der Waals surface area (Å²) in [6, 6.07) is 7.35. The molecule has 0 bridgehead atoms. The number of aliphatic hydroxyl groups excluding tert-OH is 1. The van der Waals surface area contributed by atoms with Crippen molar-refractivity contribution in [1.29, 1.82) is 0 Å². The van der Waals surface area contributed by atoms with Crippen LogP contribution in [0, 0.1) is 12.8 Å². The number of pyridine rings is 2. The number of nitrogens with zero attached hydrogens (tertiary/aromatic N) is 3. The minimum atomic E-state index is -0.307. The summed E-state index contributed by atoms with van der Waals surface area (Å²) in [7, 11) is 1.56. The zero-order valence-corrected chi connectivity index (χ0v) is 15.3. The molecule has 1 saturated carbocycles. The summed E-state index contributed by atoms with van der Waals surface area (Å²) in [4.78, 5) is 21.5. The van der Waals surface area contributed by atoms with Crippen LogP contribution >= 0.6 is 0 Å². The first kappa shape index (κ1) is 17.5. The molecule has 27 heavy (non-hydrogen) atoms. The van der Waals surface area contributed by atoms with Crippen LogP contribution in [-0.2, 0) is 0 Å². The van der Waals surface area contributed by atoms with Gasteiger partial charge < -0.3 is 19.6 Å². The number of imidazole rings is 1. The zero-order valence-electron chi connectivity index (χ0n) is 15.3. The number of aliphatic hydroxyl groups is 1. The molecule has 1 aliphatic rings. The molecule has 0 spiro atoms. The number of carbonyl (C=O) groups excluding carboxylic acids is 1. The molecule has 3 aromatic heterocycles. The third-order valence-corrected chi connectivity index (χ3v) is 5.08. The van der Waals surface area contributed by atoms with Crippen molar-refractivity contribution in [3.8, 4) is 5.88 Å². The van der Waals surface area contributed by atoms with Crippen molar-refractivity contribution in [2.45, 2.75) is 31.9 Å². The van der Waals surface area contributed by atoms with E-state index >= 15 is 0 Å². The highest BCUT2D eigenvalue weighted by Gasteiger charge is 2.36. The number of nitrogens with one attached hydrogen (secondary N) is 1. The number of aromatic nitrogens is 3.